The Hall–Kier alpha value is -2.95. The average molecular weight is 281 g/mol. The number of nitro benzene ring substituents is 1. The summed E-state index contributed by atoms with van der Waals surface area (Å²) in [4.78, 5) is 22.8. The molecule has 2 aromatic rings. The fourth-order valence-corrected chi connectivity index (χ4v) is 2.50. The Bertz CT molecular complexity index is 793. The summed E-state index contributed by atoms with van der Waals surface area (Å²) < 4.78 is 0. The number of ketones is 1. The average Bonchev–Trinajstić information content (AvgIpc) is 2.78. The van der Waals surface area contributed by atoms with E-state index >= 15 is 0 Å². The number of Topliss-reactive ketones (excluding diaryl/α,β-unsaturated/α-hetero) is 1. The number of para-hydroxylation sites is 1. The van der Waals surface area contributed by atoms with Gasteiger partial charge < -0.3 is 5.11 Å². The molecule has 0 saturated heterocycles. The Kier molecular flexibility index (Phi) is 3.02. The molecule has 1 aliphatic rings. The lowest BCUT2D eigenvalue weighted by molar-refractivity contribution is -0.385. The van der Waals surface area contributed by atoms with Crippen LogP contribution < -0.4 is 0 Å². The van der Waals surface area contributed by atoms with Crippen LogP contribution in [0, 0.1) is 10.1 Å². The van der Waals surface area contributed by atoms with Crippen LogP contribution in [0.1, 0.15) is 21.5 Å². The van der Waals surface area contributed by atoms with Crippen LogP contribution in [0.5, 0.6) is 5.75 Å². The van der Waals surface area contributed by atoms with Gasteiger partial charge in [0.15, 0.2) is 5.78 Å². The smallest absolute Gasteiger partial charge is 0.276 e. The Morgan fingerprint density at radius 1 is 1.14 bits per heavy atom. The predicted molar refractivity (Wildman–Crippen MR) is 77.2 cm³/mol. The maximum Gasteiger partial charge on any atom is 0.276 e. The third kappa shape index (κ3) is 2.18. The van der Waals surface area contributed by atoms with E-state index in [0.717, 1.165) is 0 Å². The molecule has 5 nitrogen and oxygen atoms in total. The van der Waals surface area contributed by atoms with Crippen LogP contribution in [-0.4, -0.2) is 15.8 Å². The number of aromatic hydroxyl groups is 1. The van der Waals surface area contributed by atoms with Crippen molar-refractivity contribution in [1.29, 1.82) is 0 Å². The van der Waals surface area contributed by atoms with E-state index in [1.165, 1.54) is 18.2 Å². The normalized spacial score (nSPS) is 15.2. The molecule has 0 bridgehead atoms. The molecule has 0 spiro atoms. The highest BCUT2D eigenvalue weighted by Crippen LogP contribution is 2.34. The fraction of sp³-hybridized carbons (Fsp3) is 0.0625. The van der Waals surface area contributed by atoms with Gasteiger partial charge in [-0.2, -0.15) is 0 Å². The molecule has 0 radical (unpaired) electrons. The summed E-state index contributed by atoms with van der Waals surface area (Å²) in [7, 11) is 0. The standard InChI is InChI=1S/C16H11NO4/c18-15-7-3-5-12-13(15)9-11(16(12)19)8-10-4-1-2-6-14(10)17(20)21/h1-8,18H,9H2/b11-8-. The zero-order valence-corrected chi connectivity index (χ0v) is 10.9. The van der Waals surface area contributed by atoms with Gasteiger partial charge in [0.25, 0.3) is 5.69 Å². The highest BCUT2D eigenvalue weighted by molar-refractivity contribution is 6.16. The van der Waals surface area contributed by atoms with Crippen LogP contribution in [0.3, 0.4) is 0 Å². The van der Waals surface area contributed by atoms with E-state index in [9.17, 15) is 20.0 Å². The summed E-state index contributed by atoms with van der Waals surface area (Å²) in [6, 6.07) is 11.1. The molecule has 0 unspecified atom stereocenters. The first-order chi connectivity index (χ1) is 10.1. The lowest BCUT2D eigenvalue weighted by Crippen LogP contribution is -1.96. The Morgan fingerprint density at radius 3 is 2.62 bits per heavy atom. The number of benzene rings is 2. The monoisotopic (exact) mass is 281 g/mol. The molecule has 0 aromatic heterocycles. The molecule has 5 heteroatoms. The van der Waals surface area contributed by atoms with Gasteiger partial charge in [-0.15, -0.1) is 0 Å². The lowest BCUT2D eigenvalue weighted by Gasteiger charge is -1.99. The number of hydrogen-bond acceptors (Lipinski definition) is 4. The molecule has 0 fully saturated rings. The zero-order chi connectivity index (χ0) is 15.0. The molecular weight excluding hydrogens is 270 g/mol. The topological polar surface area (TPSA) is 80.4 Å². The molecular formula is C16H11NO4. The number of carbonyl (C=O) groups excluding carboxylic acids is 1. The molecule has 21 heavy (non-hydrogen) atoms. The minimum Gasteiger partial charge on any atom is -0.508 e. The predicted octanol–water partition coefficient (Wildman–Crippen LogP) is 3.12. The van der Waals surface area contributed by atoms with Gasteiger partial charge in [0, 0.05) is 29.2 Å². The minimum atomic E-state index is -0.476. The number of carbonyl (C=O) groups is 1. The number of rotatable bonds is 2. The van der Waals surface area contributed by atoms with Crippen molar-refractivity contribution < 1.29 is 14.8 Å². The third-order valence-corrected chi connectivity index (χ3v) is 3.52. The summed E-state index contributed by atoms with van der Waals surface area (Å²) in [5.74, 6) is -0.120. The number of phenols is 1. The van der Waals surface area contributed by atoms with Gasteiger partial charge in [0.05, 0.1) is 10.5 Å². The number of fused-ring (bicyclic) bond motifs is 1. The number of hydrogen-bond donors (Lipinski definition) is 1. The summed E-state index contributed by atoms with van der Waals surface area (Å²) in [5, 5.41) is 20.8. The molecule has 0 heterocycles. The quantitative estimate of drug-likeness (QED) is 0.521. The van der Waals surface area contributed by atoms with Crippen LogP contribution in [-0.2, 0) is 6.42 Å². The van der Waals surface area contributed by atoms with Gasteiger partial charge in [-0.05, 0) is 18.2 Å². The van der Waals surface area contributed by atoms with E-state index in [-0.39, 0.29) is 23.6 Å². The largest absolute Gasteiger partial charge is 0.508 e. The van der Waals surface area contributed by atoms with Crippen LogP contribution in [0.2, 0.25) is 0 Å². The second kappa shape index (κ2) is 4.86. The van der Waals surface area contributed by atoms with E-state index in [4.69, 9.17) is 0 Å². The second-order valence-corrected chi connectivity index (χ2v) is 4.79. The number of nitrogens with zero attached hydrogens (tertiary/aromatic N) is 1. The molecule has 104 valence electrons. The van der Waals surface area contributed by atoms with Gasteiger partial charge in [-0.1, -0.05) is 24.3 Å². The molecule has 1 aliphatic carbocycles. The van der Waals surface area contributed by atoms with Crippen LogP contribution in [0.4, 0.5) is 5.69 Å². The van der Waals surface area contributed by atoms with Crippen molar-refractivity contribution in [2.24, 2.45) is 0 Å². The van der Waals surface area contributed by atoms with E-state index < -0.39 is 4.92 Å². The fourth-order valence-electron chi connectivity index (χ4n) is 2.50. The highest BCUT2D eigenvalue weighted by Gasteiger charge is 2.27. The molecule has 3 rings (SSSR count). The van der Waals surface area contributed by atoms with Crippen LogP contribution in [0.15, 0.2) is 48.0 Å². The molecule has 2 aromatic carbocycles. The summed E-state index contributed by atoms with van der Waals surface area (Å²) in [6.07, 6.45) is 1.81. The van der Waals surface area contributed by atoms with Crippen LogP contribution in [0.25, 0.3) is 6.08 Å². The van der Waals surface area contributed by atoms with Crippen molar-refractivity contribution in [2.75, 3.05) is 0 Å². The van der Waals surface area contributed by atoms with Crippen molar-refractivity contribution in [3.05, 3.63) is 74.8 Å². The zero-order valence-electron chi connectivity index (χ0n) is 10.9. The Balaban J connectivity index is 2.06. The van der Waals surface area contributed by atoms with Gasteiger partial charge in [0.1, 0.15) is 5.75 Å². The van der Waals surface area contributed by atoms with Crippen molar-refractivity contribution >= 4 is 17.5 Å². The van der Waals surface area contributed by atoms with E-state index in [0.29, 0.717) is 22.3 Å². The number of allylic oxidation sites excluding steroid dienone is 1. The highest BCUT2D eigenvalue weighted by atomic mass is 16.6. The summed E-state index contributed by atoms with van der Waals surface area (Å²) >= 11 is 0. The molecule has 0 saturated carbocycles. The van der Waals surface area contributed by atoms with Crippen molar-refractivity contribution in [2.45, 2.75) is 6.42 Å². The first-order valence-electron chi connectivity index (χ1n) is 6.37. The summed E-state index contributed by atoms with van der Waals surface area (Å²) in [6.45, 7) is 0. The Morgan fingerprint density at radius 2 is 1.90 bits per heavy atom. The summed E-state index contributed by atoms with van der Waals surface area (Å²) in [5.41, 5.74) is 1.82. The van der Waals surface area contributed by atoms with Crippen molar-refractivity contribution in [3.63, 3.8) is 0 Å². The lowest BCUT2D eigenvalue weighted by atomic mass is 10.1. The van der Waals surface area contributed by atoms with Gasteiger partial charge in [0.2, 0.25) is 0 Å². The van der Waals surface area contributed by atoms with Gasteiger partial charge in [-0.25, -0.2) is 0 Å². The number of nitro groups is 1. The first-order valence-corrected chi connectivity index (χ1v) is 6.37. The maximum atomic E-state index is 12.3. The third-order valence-electron chi connectivity index (χ3n) is 3.52. The molecule has 0 amide bonds. The molecule has 1 N–H and O–H groups in total. The first kappa shape index (κ1) is 13.1. The minimum absolute atomic E-state index is 0.0435. The Labute approximate surface area is 120 Å². The number of phenolic OH excluding ortho intramolecular Hbond substituents is 1. The van der Waals surface area contributed by atoms with Crippen molar-refractivity contribution in [3.8, 4) is 5.75 Å². The SMILES string of the molecule is O=C1/C(=C\c2ccccc2[N+](=O)[O-])Cc2c(O)cccc21. The molecule has 0 aliphatic heterocycles. The van der Waals surface area contributed by atoms with E-state index in [2.05, 4.69) is 0 Å². The van der Waals surface area contributed by atoms with E-state index in [1.54, 1.807) is 30.3 Å². The molecule has 0 atom stereocenters. The van der Waals surface area contributed by atoms with Gasteiger partial charge >= 0.3 is 0 Å². The van der Waals surface area contributed by atoms with Crippen LogP contribution >= 0.6 is 0 Å². The maximum absolute atomic E-state index is 12.3. The van der Waals surface area contributed by atoms with Gasteiger partial charge in [-0.3, -0.25) is 14.9 Å². The van der Waals surface area contributed by atoms with Crippen molar-refractivity contribution in [1.82, 2.24) is 0 Å². The van der Waals surface area contributed by atoms with E-state index in [1.807, 2.05) is 0 Å². The second-order valence-electron chi connectivity index (χ2n) is 4.79.